The van der Waals surface area contributed by atoms with Crippen LogP contribution in [0.15, 0.2) is 53.3 Å². The molecule has 0 fully saturated rings. The predicted octanol–water partition coefficient (Wildman–Crippen LogP) is 4.33. The number of nitrogens with zero attached hydrogens (tertiary/aromatic N) is 3. The summed E-state index contributed by atoms with van der Waals surface area (Å²) >= 11 is 0. The second-order valence-electron chi connectivity index (χ2n) is 5.66. The molecule has 0 saturated heterocycles. The van der Waals surface area contributed by atoms with Gasteiger partial charge in [-0.15, -0.1) is 0 Å². The van der Waals surface area contributed by atoms with Crippen LogP contribution in [0.4, 0.5) is 8.78 Å². The summed E-state index contributed by atoms with van der Waals surface area (Å²) in [6, 6.07) is 9.05. The van der Waals surface area contributed by atoms with Gasteiger partial charge in [0.25, 0.3) is 0 Å². The van der Waals surface area contributed by atoms with E-state index < -0.39 is 11.6 Å². The highest BCUT2D eigenvalue weighted by molar-refractivity contribution is 5.81. The fourth-order valence-electron chi connectivity index (χ4n) is 2.75. The number of rotatable bonds is 3. The van der Waals surface area contributed by atoms with Crippen LogP contribution in [0.2, 0.25) is 0 Å². The lowest BCUT2D eigenvalue weighted by Gasteiger charge is -2.06. The lowest BCUT2D eigenvalue weighted by Crippen LogP contribution is -1.98. The average molecular weight is 325 g/mol. The SMILES string of the molecule is Cc1cc(Cn2ccc3ncc(-c4cc(F)cc(F)c4)cc32)no1. The number of hydrogen-bond acceptors (Lipinski definition) is 3. The first-order chi connectivity index (χ1) is 11.6. The van der Waals surface area contributed by atoms with Crippen LogP contribution >= 0.6 is 0 Å². The molecular formula is C18H13F2N3O. The molecule has 0 radical (unpaired) electrons. The van der Waals surface area contributed by atoms with Crippen molar-refractivity contribution < 1.29 is 13.3 Å². The zero-order valence-corrected chi connectivity index (χ0v) is 12.8. The molecule has 0 unspecified atom stereocenters. The summed E-state index contributed by atoms with van der Waals surface area (Å²) in [6.07, 6.45) is 3.51. The third-order valence-corrected chi connectivity index (χ3v) is 3.82. The Labute approximate surface area is 136 Å². The van der Waals surface area contributed by atoms with Crippen LogP contribution in [0.25, 0.3) is 22.2 Å². The molecule has 4 aromatic rings. The molecule has 1 aromatic carbocycles. The first-order valence-corrected chi connectivity index (χ1v) is 7.42. The molecule has 0 N–H and O–H groups in total. The Kier molecular flexibility index (Phi) is 3.37. The number of aryl methyl sites for hydroxylation is 1. The second-order valence-corrected chi connectivity index (χ2v) is 5.66. The lowest BCUT2D eigenvalue weighted by molar-refractivity contribution is 0.389. The van der Waals surface area contributed by atoms with Gasteiger partial charge in [-0.1, -0.05) is 5.16 Å². The van der Waals surface area contributed by atoms with E-state index in [9.17, 15) is 8.78 Å². The molecule has 4 rings (SSSR count). The molecule has 3 heterocycles. The molecule has 0 aliphatic rings. The van der Waals surface area contributed by atoms with Gasteiger partial charge in [0.05, 0.1) is 17.6 Å². The maximum Gasteiger partial charge on any atom is 0.133 e. The van der Waals surface area contributed by atoms with Crippen molar-refractivity contribution in [1.82, 2.24) is 14.7 Å². The van der Waals surface area contributed by atoms with Gasteiger partial charge in [-0.3, -0.25) is 4.98 Å². The largest absolute Gasteiger partial charge is 0.361 e. The van der Waals surface area contributed by atoms with Crippen molar-refractivity contribution >= 4 is 11.0 Å². The molecular weight excluding hydrogens is 312 g/mol. The number of halogens is 2. The fourth-order valence-corrected chi connectivity index (χ4v) is 2.75. The molecule has 0 atom stereocenters. The normalized spacial score (nSPS) is 11.3. The molecule has 120 valence electrons. The third-order valence-electron chi connectivity index (χ3n) is 3.82. The van der Waals surface area contributed by atoms with E-state index in [1.807, 2.05) is 35.9 Å². The molecule has 0 spiro atoms. The van der Waals surface area contributed by atoms with Crippen LogP contribution in [0.1, 0.15) is 11.5 Å². The van der Waals surface area contributed by atoms with Gasteiger partial charge < -0.3 is 9.09 Å². The zero-order chi connectivity index (χ0) is 16.7. The highest BCUT2D eigenvalue weighted by atomic mass is 19.1. The predicted molar refractivity (Wildman–Crippen MR) is 85.4 cm³/mol. The Bertz CT molecular complexity index is 1020. The van der Waals surface area contributed by atoms with Gasteiger partial charge in [0.15, 0.2) is 0 Å². The maximum atomic E-state index is 13.5. The quantitative estimate of drug-likeness (QED) is 0.563. The second kappa shape index (κ2) is 5.56. The van der Waals surface area contributed by atoms with Crippen molar-refractivity contribution in [3.63, 3.8) is 0 Å². The first-order valence-electron chi connectivity index (χ1n) is 7.42. The zero-order valence-electron chi connectivity index (χ0n) is 12.8. The van der Waals surface area contributed by atoms with Crippen molar-refractivity contribution in [2.24, 2.45) is 0 Å². The molecule has 0 amide bonds. The van der Waals surface area contributed by atoms with Crippen LogP contribution < -0.4 is 0 Å². The van der Waals surface area contributed by atoms with Crippen molar-refractivity contribution in [3.05, 3.63) is 71.9 Å². The number of hydrogen-bond donors (Lipinski definition) is 0. The summed E-state index contributed by atoms with van der Waals surface area (Å²) < 4.78 is 34.0. The number of aromatic nitrogens is 3. The van der Waals surface area contributed by atoms with Crippen LogP contribution in [0.3, 0.4) is 0 Å². The first kappa shape index (κ1) is 14.6. The summed E-state index contributed by atoms with van der Waals surface area (Å²) in [7, 11) is 0. The standard InChI is InChI=1S/C18H13F2N3O/c1-11-4-16(22-24-11)10-23-3-2-17-18(23)7-13(9-21-17)12-5-14(19)8-15(20)6-12/h2-9H,10H2,1H3. The molecule has 3 aromatic heterocycles. The molecule has 24 heavy (non-hydrogen) atoms. The van der Waals surface area contributed by atoms with E-state index in [0.717, 1.165) is 28.6 Å². The van der Waals surface area contributed by atoms with E-state index in [2.05, 4.69) is 10.1 Å². The minimum Gasteiger partial charge on any atom is -0.361 e. The number of benzene rings is 1. The molecule has 4 nitrogen and oxygen atoms in total. The van der Waals surface area contributed by atoms with E-state index in [0.29, 0.717) is 17.7 Å². The smallest absolute Gasteiger partial charge is 0.133 e. The summed E-state index contributed by atoms with van der Waals surface area (Å²) in [5.41, 5.74) is 3.56. The van der Waals surface area contributed by atoms with Crippen LogP contribution in [0.5, 0.6) is 0 Å². The van der Waals surface area contributed by atoms with Crippen LogP contribution in [0, 0.1) is 18.6 Å². The third kappa shape index (κ3) is 2.67. The summed E-state index contributed by atoms with van der Waals surface area (Å²) in [5, 5.41) is 3.99. The van der Waals surface area contributed by atoms with Crippen molar-refractivity contribution in [3.8, 4) is 11.1 Å². The van der Waals surface area contributed by atoms with Crippen LogP contribution in [-0.2, 0) is 6.54 Å². The Hall–Kier alpha value is -3.02. The van der Waals surface area contributed by atoms with Gasteiger partial charge in [-0.25, -0.2) is 8.78 Å². The van der Waals surface area contributed by atoms with Gasteiger partial charge in [0.2, 0.25) is 0 Å². The van der Waals surface area contributed by atoms with E-state index in [1.54, 1.807) is 6.20 Å². The van der Waals surface area contributed by atoms with Gasteiger partial charge in [-0.05, 0) is 36.8 Å². The van der Waals surface area contributed by atoms with Gasteiger partial charge in [0, 0.05) is 30.1 Å². The van der Waals surface area contributed by atoms with Gasteiger partial charge in [-0.2, -0.15) is 0 Å². The highest BCUT2D eigenvalue weighted by Crippen LogP contribution is 2.25. The minimum absolute atomic E-state index is 0.451. The number of fused-ring (bicyclic) bond motifs is 1. The van der Waals surface area contributed by atoms with Crippen molar-refractivity contribution in [1.29, 1.82) is 0 Å². The monoisotopic (exact) mass is 325 g/mol. The maximum absolute atomic E-state index is 13.5. The lowest BCUT2D eigenvalue weighted by atomic mass is 10.1. The molecule has 0 saturated carbocycles. The van der Waals surface area contributed by atoms with E-state index >= 15 is 0 Å². The Morgan fingerprint density at radius 1 is 1.04 bits per heavy atom. The molecule has 0 bridgehead atoms. The van der Waals surface area contributed by atoms with Gasteiger partial charge in [0.1, 0.15) is 23.1 Å². The Balaban J connectivity index is 1.77. The molecule has 6 heteroatoms. The van der Waals surface area contributed by atoms with Crippen molar-refractivity contribution in [2.75, 3.05) is 0 Å². The van der Waals surface area contributed by atoms with E-state index in [4.69, 9.17) is 4.52 Å². The Morgan fingerprint density at radius 2 is 1.83 bits per heavy atom. The molecule has 0 aliphatic heterocycles. The van der Waals surface area contributed by atoms with E-state index in [-0.39, 0.29) is 0 Å². The van der Waals surface area contributed by atoms with Crippen LogP contribution in [-0.4, -0.2) is 14.7 Å². The average Bonchev–Trinajstić information content (AvgIpc) is 3.13. The Morgan fingerprint density at radius 3 is 2.54 bits per heavy atom. The summed E-state index contributed by atoms with van der Waals surface area (Å²) in [5.74, 6) is -0.479. The summed E-state index contributed by atoms with van der Waals surface area (Å²) in [4.78, 5) is 4.37. The van der Waals surface area contributed by atoms with Crippen molar-refractivity contribution in [2.45, 2.75) is 13.5 Å². The number of pyridine rings is 1. The topological polar surface area (TPSA) is 43.9 Å². The summed E-state index contributed by atoms with van der Waals surface area (Å²) in [6.45, 7) is 2.37. The minimum atomic E-state index is -0.612. The van der Waals surface area contributed by atoms with E-state index in [1.165, 1.54) is 12.1 Å². The van der Waals surface area contributed by atoms with Gasteiger partial charge >= 0.3 is 0 Å². The highest BCUT2D eigenvalue weighted by Gasteiger charge is 2.09. The molecule has 0 aliphatic carbocycles. The fraction of sp³-hybridized carbons (Fsp3) is 0.111.